The van der Waals surface area contributed by atoms with Crippen LogP contribution in [0.2, 0.25) is 0 Å². The summed E-state index contributed by atoms with van der Waals surface area (Å²) in [6.07, 6.45) is 2.44. The molecule has 7 heteroatoms. The summed E-state index contributed by atoms with van der Waals surface area (Å²) in [7, 11) is 1.29. The van der Waals surface area contributed by atoms with Crippen LogP contribution >= 0.6 is 0 Å². The summed E-state index contributed by atoms with van der Waals surface area (Å²) in [4.78, 5) is 36.1. The van der Waals surface area contributed by atoms with Gasteiger partial charge in [0.15, 0.2) is 5.69 Å². The largest absolute Gasteiger partial charge is 0.465 e. The Bertz CT molecular complexity index is 1050. The Morgan fingerprint density at radius 1 is 1.04 bits per heavy atom. The number of amides is 1. The zero-order valence-corrected chi connectivity index (χ0v) is 15.5. The molecule has 1 aromatic heterocycles. The second-order valence-electron chi connectivity index (χ2n) is 6.02. The molecule has 28 heavy (non-hydrogen) atoms. The van der Waals surface area contributed by atoms with E-state index in [1.165, 1.54) is 41.8 Å². The van der Waals surface area contributed by atoms with Crippen molar-refractivity contribution in [3.8, 4) is 5.69 Å². The smallest absolute Gasteiger partial charge is 0.337 e. The molecule has 0 atom stereocenters. The highest BCUT2D eigenvalue weighted by molar-refractivity contribution is 6.03. The molecule has 142 valence electrons. The van der Waals surface area contributed by atoms with Crippen LogP contribution in [0.25, 0.3) is 5.69 Å². The van der Waals surface area contributed by atoms with E-state index in [1.54, 1.807) is 12.1 Å². The van der Waals surface area contributed by atoms with Gasteiger partial charge in [0.25, 0.3) is 5.91 Å². The minimum atomic E-state index is -0.629. The van der Waals surface area contributed by atoms with E-state index in [-0.39, 0.29) is 5.69 Å². The van der Waals surface area contributed by atoms with Crippen molar-refractivity contribution in [1.29, 1.82) is 0 Å². The first-order valence-electron chi connectivity index (χ1n) is 8.71. The molecule has 0 saturated heterocycles. The number of hydrogen-bond donors (Lipinski definition) is 1. The quantitative estimate of drug-likeness (QED) is 0.691. The summed E-state index contributed by atoms with van der Waals surface area (Å²) in [5.41, 5.74) is 2.01. The predicted molar refractivity (Wildman–Crippen MR) is 105 cm³/mol. The summed E-state index contributed by atoms with van der Waals surface area (Å²) in [6, 6.07) is 15.1. The average Bonchev–Trinajstić information content (AvgIpc) is 2.74. The molecular weight excluding hydrogens is 358 g/mol. The Labute approximate surface area is 161 Å². The summed E-state index contributed by atoms with van der Waals surface area (Å²) in [5.74, 6) is -1.10. The van der Waals surface area contributed by atoms with E-state index in [0.29, 0.717) is 11.3 Å². The van der Waals surface area contributed by atoms with Gasteiger partial charge in [-0.25, -0.2) is 9.48 Å². The number of carbonyl (C=O) groups excluding carboxylic acids is 2. The van der Waals surface area contributed by atoms with Crippen LogP contribution in [0.15, 0.2) is 65.6 Å². The zero-order chi connectivity index (χ0) is 20.1. The molecule has 0 unspecified atom stereocenters. The Balaban J connectivity index is 1.83. The molecule has 0 radical (unpaired) electrons. The lowest BCUT2D eigenvalue weighted by Gasteiger charge is -2.09. The standard InChI is InChI=1S/C21H19N3O4/c1-3-14-4-10-17(11-5-14)24-13-12-18(25)19(23-24)20(26)22-16-8-6-15(7-9-16)21(27)28-2/h4-13H,3H2,1-2H3,(H,22,26). The fraction of sp³-hybridized carbons (Fsp3) is 0.143. The van der Waals surface area contributed by atoms with Crippen molar-refractivity contribution in [3.05, 3.63) is 87.8 Å². The van der Waals surface area contributed by atoms with Gasteiger partial charge in [0, 0.05) is 18.0 Å². The van der Waals surface area contributed by atoms with Crippen molar-refractivity contribution in [2.24, 2.45) is 0 Å². The number of nitrogens with zero attached hydrogens (tertiary/aromatic N) is 2. The molecule has 3 rings (SSSR count). The van der Waals surface area contributed by atoms with Crippen LogP contribution in [-0.2, 0) is 11.2 Å². The monoisotopic (exact) mass is 377 g/mol. The van der Waals surface area contributed by atoms with Crippen molar-refractivity contribution in [1.82, 2.24) is 9.78 Å². The molecule has 0 bridgehead atoms. The zero-order valence-electron chi connectivity index (χ0n) is 15.5. The van der Waals surface area contributed by atoms with E-state index in [1.807, 2.05) is 24.3 Å². The van der Waals surface area contributed by atoms with E-state index in [2.05, 4.69) is 22.1 Å². The molecule has 0 aliphatic rings. The van der Waals surface area contributed by atoms with Crippen LogP contribution in [0, 0.1) is 0 Å². The van der Waals surface area contributed by atoms with Crippen LogP contribution in [-0.4, -0.2) is 28.8 Å². The summed E-state index contributed by atoms with van der Waals surface area (Å²) in [6.45, 7) is 2.06. The maximum absolute atomic E-state index is 12.5. The van der Waals surface area contributed by atoms with Gasteiger partial charge < -0.3 is 10.1 Å². The number of carbonyl (C=O) groups is 2. The second-order valence-corrected chi connectivity index (χ2v) is 6.02. The number of esters is 1. The van der Waals surface area contributed by atoms with Gasteiger partial charge in [0.1, 0.15) is 0 Å². The first kappa shape index (κ1) is 19.0. The molecule has 0 fully saturated rings. The molecular formula is C21H19N3O4. The second kappa shape index (κ2) is 8.30. The van der Waals surface area contributed by atoms with Crippen LogP contribution in [0.3, 0.4) is 0 Å². The van der Waals surface area contributed by atoms with Gasteiger partial charge in [-0.05, 0) is 48.4 Å². The summed E-state index contributed by atoms with van der Waals surface area (Å²) >= 11 is 0. The minimum Gasteiger partial charge on any atom is -0.465 e. The van der Waals surface area contributed by atoms with Crippen LogP contribution in [0.5, 0.6) is 0 Å². The molecule has 1 heterocycles. The maximum atomic E-state index is 12.5. The Kier molecular flexibility index (Phi) is 5.64. The number of ether oxygens (including phenoxy) is 1. The first-order chi connectivity index (χ1) is 13.5. The van der Waals surface area contributed by atoms with Crippen molar-refractivity contribution < 1.29 is 14.3 Å². The van der Waals surface area contributed by atoms with Gasteiger partial charge in [-0.2, -0.15) is 5.10 Å². The van der Waals surface area contributed by atoms with Gasteiger partial charge in [0.05, 0.1) is 18.4 Å². The molecule has 0 aliphatic carbocycles. The van der Waals surface area contributed by atoms with E-state index < -0.39 is 17.3 Å². The van der Waals surface area contributed by atoms with Crippen molar-refractivity contribution in [3.63, 3.8) is 0 Å². The van der Waals surface area contributed by atoms with Crippen LogP contribution < -0.4 is 10.7 Å². The SMILES string of the molecule is CCc1ccc(-n2ccc(=O)c(C(=O)Nc3ccc(C(=O)OC)cc3)n2)cc1. The molecule has 1 N–H and O–H groups in total. The Morgan fingerprint density at radius 3 is 2.32 bits per heavy atom. The minimum absolute atomic E-state index is 0.223. The molecule has 1 amide bonds. The third-order valence-electron chi connectivity index (χ3n) is 4.20. The molecule has 0 saturated carbocycles. The molecule has 0 aliphatic heterocycles. The third-order valence-corrected chi connectivity index (χ3v) is 4.20. The predicted octanol–water partition coefficient (Wildman–Crippen LogP) is 2.83. The normalized spacial score (nSPS) is 10.4. The van der Waals surface area contributed by atoms with Crippen LogP contribution in [0.1, 0.15) is 33.3 Å². The van der Waals surface area contributed by atoms with Crippen molar-refractivity contribution in [2.45, 2.75) is 13.3 Å². The average molecular weight is 377 g/mol. The topological polar surface area (TPSA) is 90.3 Å². The highest BCUT2D eigenvalue weighted by Crippen LogP contribution is 2.12. The van der Waals surface area contributed by atoms with Gasteiger partial charge in [-0.3, -0.25) is 9.59 Å². The fourth-order valence-corrected chi connectivity index (χ4v) is 2.59. The number of aryl methyl sites for hydroxylation is 1. The number of methoxy groups -OCH3 is 1. The molecule has 0 spiro atoms. The Hall–Kier alpha value is -3.74. The van der Waals surface area contributed by atoms with Crippen molar-refractivity contribution >= 4 is 17.6 Å². The number of rotatable bonds is 5. The maximum Gasteiger partial charge on any atom is 0.337 e. The first-order valence-corrected chi connectivity index (χ1v) is 8.71. The Morgan fingerprint density at radius 2 is 1.71 bits per heavy atom. The lowest BCUT2D eigenvalue weighted by molar-refractivity contribution is 0.0600. The summed E-state index contributed by atoms with van der Waals surface area (Å²) in [5, 5.41) is 6.78. The molecule has 2 aromatic carbocycles. The summed E-state index contributed by atoms with van der Waals surface area (Å²) < 4.78 is 6.11. The van der Waals surface area contributed by atoms with Crippen molar-refractivity contribution in [2.75, 3.05) is 12.4 Å². The van der Waals surface area contributed by atoms with Gasteiger partial charge in [-0.1, -0.05) is 19.1 Å². The third kappa shape index (κ3) is 4.15. The lowest BCUT2D eigenvalue weighted by Crippen LogP contribution is -2.25. The van der Waals surface area contributed by atoms with E-state index >= 15 is 0 Å². The van der Waals surface area contributed by atoms with E-state index in [0.717, 1.165) is 12.1 Å². The van der Waals surface area contributed by atoms with E-state index in [4.69, 9.17) is 0 Å². The van der Waals surface area contributed by atoms with Crippen LogP contribution in [0.4, 0.5) is 5.69 Å². The molecule has 7 nitrogen and oxygen atoms in total. The molecule has 3 aromatic rings. The number of aromatic nitrogens is 2. The number of anilines is 1. The number of nitrogens with one attached hydrogen (secondary N) is 1. The van der Waals surface area contributed by atoms with Gasteiger partial charge >= 0.3 is 5.97 Å². The highest BCUT2D eigenvalue weighted by Gasteiger charge is 2.14. The highest BCUT2D eigenvalue weighted by atomic mass is 16.5. The number of benzene rings is 2. The van der Waals surface area contributed by atoms with E-state index in [9.17, 15) is 14.4 Å². The van der Waals surface area contributed by atoms with Gasteiger partial charge in [0.2, 0.25) is 5.43 Å². The lowest BCUT2D eigenvalue weighted by atomic mass is 10.1. The fourth-order valence-electron chi connectivity index (χ4n) is 2.59. The van der Waals surface area contributed by atoms with Gasteiger partial charge in [-0.15, -0.1) is 0 Å². The number of hydrogen-bond acceptors (Lipinski definition) is 5.